The van der Waals surface area contributed by atoms with Crippen LogP contribution in [0.4, 0.5) is 4.39 Å². The number of rotatable bonds is 5. The molecule has 0 saturated carbocycles. The molecule has 0 aliphatic carbocycles. The van der Waals surface area contributed by atoms with Gasteiger partial charge in [0.05, 0.1) is 4.58 Å². The van der Waals surface area contributed by atoms with E-state index in [1.807, 2.05) is 59.9 Å². The van der Waals surface area contributed by atoms with Crippen LogP contribution in [0.3, 0.4) is 0 Å². The van der Waals surface area contributed by atoms with Gasteiger partial charge in [0.25, 0.3) is 0 Å². The molecule has 0 bridgehead atoms. The number of hydrogen-bond acceptors (Lipinski definition) is 3. The van der Waals surface area contributed by atoms with Gasteiger partial charge in [-0.2, -0.15) is 0 Å². The highest BCUT2D eigenvalue weighted by molar-refractivity contribution is 9.08. The smallest absolute Gasteiger partial charge is 0.130 e. The van der Waals surface area contributed by atoms with Crippen LogP contribution in [-0.4, -0.2) is 11.5 Å². The summed E-state index contributed by atoms with van der Waals surface area (Å²) in [4.78, 5) is 0. The Labute approximate surface area is 147 Å². The van der Waals surface area contributed by atoms with Gasteiger partial charge in [0.15, 0.2) is 0 Å². The zero-order valence-corrected chi connectivity index (χ0v) is 15.1. The summed E-state index contributed by atoms with van der Waals surface area (Å²) in [6.07, 6.45) is 0. The van der Waals surface area contributed by atoms with Crippen molar-refractivity contribution in [1.29, 1.82) is 0 Å². The van der Waals surface area contributed by atoms with E-state index in [0.29, 0.717) is 27.8 Å². The van der Waals surface area contributed by atoms with E-state index in [1.165, 1.54) is 6.07 Å². The fourth-order valence-electron chi connectivity index (χ4n) is 2.30. The van der Waals surface area contributed by atoms with E-state index in [2.05, 4.69) is 15.9 Å². The summed E-state index contributed by atoms with van der Waals surface area (Å²) in [7, 11) is 0. The third kappa shape index (κ3) is 3.81. The lowest BCUT2D eigenvalue weighted by Gasteiger charge is -2.17. The molecule has 22 heavy (non-hydrogen) atoms. The van der Waals surface area contributed by atoms with Crippen molar-refractivity contribution < 1.29 is 9.13 Å². The maximum absolute atomic E-state index is 14.1. The summed E-state index contributed by atoms with van der Waals surface area (Å²) in [6.45, 7) is 0.461. The normalized spacial score (nSPS) is 15.2. The van der Waals surface area contributed by atoms with Crippen molar-refractivity contribution in [3.63, 3.8) is 0 Å². The topological polar surface area (TPSA) is 9.23 Å². The van der Waals surface area contributed by atoms with Crippen molar-refractivity contribution in [1.82, 2.24) is 0 Å². The third-order valence-corrected chi connectivity index (χ3v) is 7.11. The maximum Gasteiger partial charge on any atom is 0.130 e. The molecule has 1 nitrogen and oxygen atoms in total. The second kappa shape index (κ2) is 7.75. The number of alkyl halides is 1. The lowest BCUT2D eigenvalue weighted by molar-refractivity contribution is 0.302. The Morgan fingerprint density at radius 1 is 1.14 bits per heavy atom. The molecule has 1 aliphatic heterocycles. The molecule has 1 fully saturated rings. The largest absolute Gasteiger partial charge is 0.488 e. The molecule has 0 spiro atoms. The van der Waals surface area contributed by atoms with E-state index in [-0.39, 0.29) is 5.82 Å². The Morgan fingerprint density at radius 3 is 2.55 bits per heavy atom. The first-order valence-electron chi connectivity index (χ1n) is 7.06. The molecule has 0 unspecified atom stereocenters. The van der Waals surface area contributed by atoms with Gasteiger partial charge >= 0.3 is 0 Å². The molecule has 2 aromatic rings. The maximum atomic E-state index is 14.1. The Bertz CT molecular complexity index is 630. The third-order valence-electron chi connectivity index (χ3n) is 3.44. The highest BCUT2D eigenvalue weighted by Gasteiger charge is 2.23. The Kier molecular flexibility index (Phi) is 5.71. The van der Waals surface area contributed by atoms with Crippen molar-refractivity contribution in [2.24, 2.45) is 0 Å². The van der Waals surface area contributed by atoms with Gasteiger partial charge in [-0.05, 0) is 17.2 Å². The first kappa shape index (κ1) is 16.2. The Morgan fingerprint density at radius 2 is 1.86 bits per heavy atom. The highest BCUT2D eigenvalue weighted by atomic mass is 79.9. The molecule has 1 heterocycles. The lowest BCUT2D eigenvalue weighted by Crippen LogP contribution is -2.02. The molecule has 1 aliphatic rings. The number of thioether (sulfide) groups is 2. The summed E-state index contributed by atoms with van der Waals surface area (Å²) >= 11 is 7.16. The standard InChI is InChI=1S/C17H16BrFOS2/c18-10-13-8-14(17-21-6-7-22-17)16(9-15(13)19)20-11-12-4-2-1-3-5-12/h1-5,8-9,17H,6-7,10-11H2. The number of ether oxygens (including phenoxy) is 1. The van der Waals surface area contributed by atoms with Crippen molar-refractivity contribution in [2.45, 2.75) is 16.5 Å². The first-order chi connectivity index (χ1) is 10.8. The molecule has 0 amide bonds. The molecule has 0 N–H and O–H groups in total. The van der Waals surface area contributed by atoms with Gasteiger partial charge in [-0.25, -0.2) is 4.39 Å². The fraction of sp³-hybridized carbons (Fsp3) is 0.294. The second-order valence-electron chi connectivity index (χ2n) is 4.96. The molecule has 2 aromatic carbocycles. The molecule has 3 rings (SSSR count). The lowest BCUT2D eigenvalue weighted by atomic mass is 10.1. The van der Waals surface area contributed by atoms with Crippen LogP contribution in [0.25, 0.3) is 0 Å². The van der Waals surface area contributed by atoms with E-state index < -0.39 is 0 Å². The van der Waals surface area contributed by atoms with Crippen LogP contribution in [0.15, 0.2) is 42.5 Å². The van der Waals surface area contributed by atoms with E-state index in [0.717, 1.165) is 22.6 Å². The summed E-state index contributed by atoms with van der Waals surface area (Å²) in [6, 6.07) is 13.5. The predicted octanol–water partition coefficient (Wildman–Crippen LogP) is 5.78. The van der Waals surface area contributed by atoms with E-state index in [9.17, 15) is 4.39 Å². The summed E-state index contributed by atoms with van der Waals surface area (Å²) in [5, 5.41) is 0.521. The van der Waals surface area contributed by atoms with Gasteiger partial charge in [-0.15, -0.1) is 23.5 Å². The van der Waals surface area contributed by atoms with E-state index in [4.69, 9.17) is 4.74 Å². The van der Waals surface area contributed by atoms with Gasteiger partial charge in [0.1, 0.15) is 18.2 Å². The molecular formula is C17H16BrFOS2. The summed E-state index contributed by atoms with van der Waals surface area (Å²) < 4.78 is 20.4. The number of halogens is 2. The van der Waals surface area contributed by atoms with E-state index in [1.54, 1.807) is 0 Å². The molecule has 1 saturated heterocycles. The second-order valence-corrected chi connectivity index (χ2v) is 8.25. The van der Waals surface area contributed by atoms with Gasteiger partial charge in [-0.1, -0.05) is 46.3 Å². The minimum atomic E-state index is -0.211. The zero-order chi connectivity index (χ0) is 15.4. The van der Waals surface area contributed by atoms with Crippen LogP contribution in [-0.2, 0) is 11.9 Å². The van der Waals surface area contributed by atoms with Gasteiger partial charge in [-0.3, -0.25) is 0 Å². The van der Waals surface area contributed by atoms with Gasteiger partial charge < -0.3 is 4.74 Å². The molecule has 5 heteroatoms. The van der Waals surface area contributed by atoms with Gasteiger partial charge in [0, 0.05) is 28.5 Å². The van der Waals surface area contributed by atoms with Crippen LogP contribution in [0.5, 0.6) is 5.75 Å². The van der Waals surface area contributed by atoms with Crippen molar-refractivity contribution in [3.05, 3.63) is 65.0 Å². The molecule has 0 radical (unpaired) electrons. The molecule has 116 valence electrons. The average Bonchev–Trinajstić information content (AvgIpc) is 3.08. The predicted molar refractivity (Wildman–Crippen MR) is 97.5 cm³/mol. The number of hydrogen-bond donors (Lipinski definition) is 0. The van der Waals surface area contributed by atoms with Gasteiger partial charge in [0.2, 0.25) is 0 Å². The average molecular weight is 399 g/mol. The van der Waals surface area contributed by atoms with Crippen molar-refractivity contribution in [3.8, 4) is 5.75 Å². The SMILES string of the molecule is Fc1cc(OCc2ccccc2)c(C2SCCS2)cc1CBr. The van der Waals surface area contributed by atoms with Crippen LogP contribution in [0.1, 0.15) is 21.3 Å². The van der Waals surface area contributed by atoms with Crippen LogP contribution < -0.4 is 4.74 Å². The molecule has 0 atom stereocenters. The Hall–Kier alpha value is -0.650. The fourth-order valence-corrected chi connectivity index (χ4v) is 5.62. The monoisotopic (exact) mass is 398 g/mol. The van der Waals surface area contributed by atoms with Crippen molar-refractivity contribution in [2.75, 3.05) is 11.5 Å². The zero-order valence-electron chi connectivity index (χ0n) is 11.9. The van der Waals surface area contributed by atoms with Crippen LogP contribution >= 0.6 is 39.5 Å². The van der Waals surface area contributed by atoms with Crippen LogP contribution in [0, 0.1) is 5.82 Å². The van der Waals surface area contributed by atoms with E-state index >= 15 is 0 Å². The quantitative estimate of drug-likeness (QED) is 0.590. The number of benzene rings is 2. The first-order valence-corrected chi connectivity index (χ1v) is 10.3. The minimum Gasteiger partial charge on any atom is -0.488 e. The van der Waals surface area contributed by atoms with Crippen LogP contribution in [0.2, 0.25) is 0 Å². The Balaban J connectivity index is 1.86. The van der Waals surface area contributed by atoms with Crippen molar-refractivity contribution >= 4 is 39.5 Å². The minimum absolute atomic E-state index is 0.211. The molecular weight excluding hydrogens is 383 g/mol. The summed E-state index contributed by atoms with van der Waals surface area (Å²) in [5.41, 5.74) is 2.87. The highest BCUT2D eigenvalue weighted by Crippen LogP contribution is 2.49. The summed E-state index contributed by atoms with van der Waals surface area (Å²) in [5.74, 6) is 2.72. The molecule has 0 aromatic heterocycles.